The standard InChI is InChI=1S/C20H23N3O4/c1-21-19(24)16-12-15(8-9-17(16)26-2)22-20(25)23-10-11-27-18(13-23)14-6-4-3-5-7-14/h3-9,12,18H,10-11,13H2,1-2H3,(H,21,24)(H,22,25)/t18-/m1/s1. The molecule has 2 N–H and O–H groups in total. The average Bonchev–Trinajstić information content (AvgIpc) is 2.73. The zero-order chi connectivity index (χ0) is 19.2. The van der Waals surface area contributed by atoms with Crippen molar-refractivity contribution in [3.05, 3.63) is 59.7 Å². The monoisotopic (exact) mass is 369 g/mol. The number of benzene rings is 2. The lowest BCUT2D eigenvalue weighted by Gasteiger charge is -2.33. The number of methoxy groups -OCH3 is 1. The third kappa shape index (κ3) is 4.38. The summed E-state index contributed by atoms with van der Waals surface area (Å²) in [6.07, 6.45) is -0.150. The molecule has 1 atom stereocenters. The van der Waals surface area contributed by atoms with Crippen LogP contribution >= 0.6 is 0 Å². The molecule has 1 aliphatic rings. The van der Waals surface area contributed by atoms with E-state index in [1.54, 1.807) is 30.1 Å². The van der Waals surface area contributed by atoms with E-state index in [-0.39, 0.29) is 18.0 Å². The van der Waals surface area contributed by atoms with Gasteiger partial charge in [-0.3, -0.25) is 4.79 Å². The van der Waals surface area contributed by atoms with E-state index in [2.05, 4.69) is 10.6 Å². The minimum Gasteiger partial charge on any atom is -0.496 e. The maximum absolute atomic E-state index is 12.7. The maximum Gasteiger partial charge on any atom is 0.322 e. The number of hydrogen-bond donors (Lipinski definition) is 2. The summed E-state index contributed by atoms with van der Waals surface area (Å²) in [6.45, 7) is 1.45. The lowest BCUT2D eigenvalue weighted by molar-refractivity contribution is -0.0135. The van der Waals surface area contributed by atoms with E-state index >= 15 is 0 Å². The molecule has 1 fully saturated rings. The number of urea groups is 1. The Labute approximate surface area is 158 Å². The summed E-state index contributed by atoms with van der Waals surface area (Å²) in [7, 11) is 3.04. The Balaban J connectivity index is 1.70. The van der Waals surface area contributed by atoms with Gasteiger partial charge in [0.25, 0.3) is 5.91 Å². The Morgan fingerprint density at radius 2 is 1.96 bits per heavy atom. The summed E-state index contributed by atoms with van der Waals surface area (Å²) in [4.78, 5) is 26.4. The third-order valence-corrected chi connectivity index (χ3v) is 4.45. The lowest BCUT2D eigenvalue weighted by Crippen LogP contribution is -2.44. The predicted molar refractivity (Wildman–Crippen MR) is 102 cm³/mol. The lowest BCUT2D eigenvalue weighted by atomic mass is 10.1. The fraction of sp³-hybridized carbons (Fsp3) is 0.300. The molecule has 7 nitrogen and oxygen atoms in total. The smallest absolute Gasteiger partial charge is 0.322 e. The quantitative estimate of drug-likeness (QED) is 0.868. The van der Waals surface area contributed by atoms with Gasteiger partial charge in [-0.25, -0.2) is 4.79 Å². The molecular weight excluding hydrogens is 346 g/mol. The molecule has 2 aromatic carbocycles. The van der Waals surface area contributed by atoms with Crippen LogP contribution in [0.5, 0.6) is 5.75 Å². The number of carbonyl (C=O) groups is 2. The molecule has 27 heavy (non-hydrogen) atoms. The largest absolute Gasteiger partial charge is 0.496 e. The molecule has 2 aromatic rings. The molecule has 1 heterocycles. The highest BCUT2D eigenvalue weighted by molar-refractivity contribution is 5.99. The Bertz CT molecular complexity index is 810. The van der Waals surface area contributed by atoms with Crippen LogP contribution in [0.2, 0.25) is 0 Å². The van der Waals surface area contributed by atoms with E-state index in [4.69, 9.17) is 9.47 Å². The van der Waals surface area contributed by atoms with E-state index < -0.39 is 0 Å². The molecule has 0 unspecified atom stereocenters. The van der Waals surface area contributed by atoms with Crippen molar-refractivity contribution >= 4 is 17.6 Å². The normalized spacial score (nSPS) is 16.5. The first kappa shape index (κ1) is 18.7. The average molecular weight is 369 g/mol. The van der Waals surface area contributed by atoms with Gasteiger partial charge < -0.3 is 25.0 Å². The van der Waals surface area contributed by atoms with E-state index in [0.29, 0.717) is 36.7 Å². The first-order valence-electron chi connectivity index (χ1n) is 8.75. The maximum atomic E-state index is 12.7. The van der Waals surface area contributed by atoms with Crippen molar-refractivity contribution in [2.45, 2.75) is 6.10 Å². The number of anilines is 1. The molecule has 0 bridgehead atoms. The SMILES string of the molecule is CNC(=O)c1cc(NC(=O)N2CCO[C@@H](c3ccccc3)C2)ccc1OC. The second-order valence-corrected chi connectivity index (χ2v) is 6.14. The van der Waals surface area contributed by atoms with Crippen LogP contribution in [-0.2, 0) is 4.74 Å². The van der Waals surface area contributed by atoms with Crippen LogP contribution < -0.4 is 15.4 Å². The topological polar surface area (TPSA) is 79.9 Å². The van der Waals surface area contributed by atoms with Gasteiger partial charge in [0.2, 0.25) is 0 Å². The molecule has 1 aliphatic heterocycles. The number of nitrogens with one attached hydrogen (secondary N) is 2. The Kier molecular flexibility index (Phi) is 5.93. The van der Waals surface area contributed by atoms with Crippen LogP contribution in [0.4, 0.5) is 10.5 Å². The molecule has 3 rings (SSSR count). The summed E-state index contributed by atoms with van der Waals surface area (Å²) in [5.41, 5.74) is 1.94. The van der Waals surface area contributed by atoms with E-state index in [0.717, 1.165) is 5.56 Å². The molecule has 7 heteroatoms. The van der Waals surface area contributed by atoms with Crippen LogP contribution in [0, 0.1) is 0 Å². The fourth-order valence-corrected chi connectivity index (χ4v) is 3.00. The zero-order valence-corrected chi connectivity index (χ0v) is 15.4. The number of morpholine rings is 1. The van der Waals surface area contributed by atoms with Gasteiger partial charge in [-0.15, -0.1) is 0 Å². The summed E-state index contributed by atoms with van der Waals surface area (Å²) < 4.78 is 11.0. The first-order valence-corrected chi connectivity index (χ1v) is 8.75. The van der Waals surface area contributed by atoms with Crippen LogP contribution in [0.25, 0.3) is 0 Å². The van der Waals surface area contributed by atoms with Crippen molar-refractivity contribution in [3.63, 3.8) is 0 Å². The summed E-state index contributed by atoms with van der Waals surface area (Å²) in [6, 6.07) is 14.6. The molecular formula is C20H23N3O4. The first-order chi connectivity index (χ1) is 13.1. The summed E-state index contributed by atoms with van der Waals surface area (Å²) >= 11 is 0. The Morgan fingerprint density at radius 3 is 2.67 bits per heavy atom. The number of ether oxygens (including phenoxy) is 2. The second kappa shape index (κ2) is 8.55. The van der Waals surface area contributed by atoms with E-state index in [1.165, 1.54) is 7.11 Å². The van der Waals surface area contributed by atoms with Crippen molar-refractivity contribution in [2.24, 2.45) is 0 Å². The molecule has 1 saturated heterocycles. The van der Waals surface area contributed by atoms with Gasteiger partial charge in [0.1, 0.15) is 11.9 Å². The van der Waals surface area contributed by atoms with Crippen molar-refractivity contribution in [2.75, 3.05) is 39.2 Å². The van der Waals surface area contributed by atoms with Gasteiger partial charge in [0.05, 0.1) is 25.8 Å². The van der Waals surface area contributed by atoms with Gasteiger partial charge in [0.15, 0.2) is 0 Å². The van der Waals surface area contributed by atoms with Gasteiger partial charge in [-0.2, -0.15) is 0 Å². The summed E-state index contributed by atoms with van der Waals surface area (Å²) in [5.74, 6) is 0.168. The number of hydrogen-bond acceptors (Lipinski definition) is 4. The van der Waals surface area contributed by atoms with Gasteiger partial charge >= 0.3 is 6.03 Å². The minimum atomic E-state index is -0.279. The van der Waals surface area contributed by atoms with Gasteiger partial charge in [-0.1, -0.05) is 30.3 Å². The van der Waals surface area contributed by atoms with Crippen molar-refractivity contribution < 1.29 is 19.1 Å². The molecule has 0 aromatic heterocycles. The van der Waals surface area contributed by atoms with Crippen LogP contribution in [0.15, 0.2) is 48.5 Å². The number of amides is 3. The Morgan fingerprint density at radius 1 is 1.19 bits per heavy atom. The highest BCUT2D eigenvalue weighted by Crippen LogP contribution is 2.25. The molecule has 0 saturated carbocycles. The molecule has 0 spiro atoms. The van der Waals surface area contributed by atoms with Crippen LogP contribution in [0.3, 0.4) is 0 Å². The fourth-order valence-electron chi connectivity index (χ4n) is 3.00. The summed E-state index contributed by atoms with van der Waals surface area (Å²) in [5, 5.41) is 5.42. The molecule has 0 aliphatic carbocycles. The van der Waals surface area contributed by atoms with Crippen molar-refractivity contribution in [3.8, 4) is 5.75 Å². The third-order valence-electron chi connectivity index (χ3n) is 4.45. The number of carbonyl (C=O) groups excluding carboxylic acids is 2. The van der Waals surface area contributed by atoms with E-state index in [9.17, 15) is 9.59 Å². The van der Waals surface area contributed by atoms with E-state index in [1.807, 2.05) is 30.3 Å². The highest BCUT2D eigenvalue weighted by Gasteiger charge is 2.25. The van der Waals surface area contributed by atoms with Crippen LogP contribution in [0.1, 0.15) is 22.0 Å². The van der Waals surface area contributed by atoms with Gasteiger partial charge in [-0.05, 0) is 23.8 Å². The minimum absolute atomic E-state index is 0.150. The van der Waals surface area contributed by atoms with Crippen molar-refractivity contribution in [1.29, 1.82) is 0 Å². The highest BCUT2D eigenvalue weighted by atomic mass is 16.5. The molecule has 3 amide bonds. The number of rotatable bonds is 4. The second-order valence-electron chi connectivity index (χ2n) is 6.14. The van der Waals surface area contributed by atoms with Crippen LogP contribution in [-0.4, -0.2) is 50.7 Å². The van der Waals surface area contributed by atoms with Crippen molar-refractivity contribution in [1.82, 2.24) is 10.2 Å². The zero-order valence-electron chi connectivity index (χ0n) is 15.4. The number of nitrogens with zero attached hydrogens (tertiary/aromatic N) is 1. The predicted octanol–water partition coefficient (Wildman–Crippen LogP) is 2.66. The molecule has 0 radical (unpaired) electrons. The Hall–Kier alpha value is -3.06. The van der Waals surface area contributed by atoms with Gasteiger partial charge in [0, 0.05) is 19.3 Å². The molecule has 142 valence electrons.